The van der Waals surface area contributed by atoms with E-state index in [0.29, 0.717) is 35.3 Å². The molecule has 1 saturated heterocycles. The minimum atomic E-state index is -4.10. The molecule has 204 valence electrons. The van der Waals surface area contributed by atoms with Crippen molar-refractivity contribution >= 4 is 39.1 Å². The Kier molecular flexibility index (Phi) is 8.09. The van der Waals surface area contributed by atoms with E-state index in [2.05, 4.69) is 5.32 Å². The number of nitrogens with zero attached hydrogens (tertiary/aromatic N) is 2. The van der Waals surface area contributed by atoms with Crippen molar-refractivity contribution in [2.45, 2.75) is 96.5 Å². The predicted molar refractivity (Wildman–Crippen MR) is 148 cm³/mol. The normalized spacial score (nSPS) is 19.2. The number of imide groups is 1. The lowest BCUT2D eigenvalue weighted by Crippen LogP contribution is -2.51. The van der Waals surface area contributed by atoms with Crippen molar-refractivity contribution in [1.82, 2.24) is 4.31 Å². The molecule has 0 spiro atoms. The van der Waals surface area contributed by atoms with Gasteiger partial charge in [0.1, 0.15) is 6.04 Å². The summed E-state index contributed by atoms with van der Waals surface area (Å²) >= 11 is 0. The van der Waals surface area contributed by atoms with E-state index in [9.17, 15) is 22.8 Å². The van der Waals surface area contributed by atoms with Gasteiger partial charge >= 0.3 is 0 Å². The maximum absolute atomic E-state index is 14.5. The lowest BCUT2D eigenvalue weighted by Gasteiger charge is -2.35. The number of hydrogen-bond donors (Lipinski definition) is 1. The second-order valence-electron chi connectivity index (χ2n) is 10.6. The predicted octanol–water partition coefficient (Wildman–Crippen LogP) is 4.92. The Balaban J connectivity index is 1.78. The highest BCUT2D eigenvalue weighted by Gasteiger charge is 2.50. The summed E-state index contributed by atoms with van der Waals surface area (Å²) in [7, 11) is -4.10. The minimum Gasteiger partial charge on any atom is -0.326 e. The zero-order valence-electron chi connectivity index (χ0n) is 22.8. The molecule has 1 aliphatic carbocycles. The molecule has 4 rings (SSSR count). The van der Waals surface area contributed by atoms with Crippen molar-refractivity contribution in [2.75, 3.05) is 10.2 Å². The fourth-order valence-electron chi connectivity index (χ4n) is 5.79. The maximum atomic E-state index is 14.5. The fraction of sp³-hybridized carbons (Fsp3) is 0.483. The van der Waals surface area contributed by atoms with Crippen molar-refractivity contribution in [1.29, 1.82) is 0 Å². The van der Waals surface area contributed by atoms with Gasteiger partial charge in [-0.3, -0.25) is 14.4 Å². The smallest absolute Gasteiger partial charge is 0.252 e. The lowest BCUT2D eigenvalue weighted by molar-refractivity contribution is -0.122. The van der Waals surface area contributed by atoms with Gasteiger partial charge < -0.3 is 5.32 Å². The molecule has 1 atom stereocenters. The topological polar surface area (TPSA) is 104 Å². The molecule has 0 bridgehead atoms. The van der Waals surface area contributed by atoms with Crippen molar-refractivity contribution in [3.8, 4) is 0 Å². The fourth-order valence-corrected chi connectivity index (χ4v) is 8.20. The SMILES string of the molecule is CC(=O)Nc1ccc(N2C(=O)CC(N(C3CCCCCC3)S(=O)(=O)c3c(C)c(C)cc(C)c3C)C2=O)cc1. The number of hydrogen-bond acceptors (Lipinski definition) is 5. The van der Waals surface area contributed by atoms with E-state index >= 15 is 0 Å². The zero-order valence-corrected chi connectivity index (χ0v) is 23.7. The summed E-state index contributed by atoms with van der Waals surface area (Å²) in [5, 5.41) is 2.66. The van der Waals surface area contributed by atoms with Crippen LogP contribution in [0.4, 0.5) is 11.4 Å². The largest absolute Gasteiger partial charge is 0.326 e. The van der Waals surface area contributed by atoms with E-state index in [4.69, 9.17) is 0 Å². The van der Waals surface area contributed by atoms with E-state index in [1.165, 1.54) is 11.2 Å². The van der Waals surface area contributed by atoms with E-state index in [1.807, 2.05) is 33.8 Å². The van der Waals surface area contributed by atoms with Crippen LogP contribution in [0.2, 0.25) is 0 Å². The average Bonchev–Trinajstić information content (AvgIpc) is 3.00. The first-order valence-electron chi connectivity index (χ1n) is 13.3. The Morgan fingerprint density at radius 1 is 0.921 bits per heavy atom. The Hall–Kier alpha value is -3.04. The van der Waals surface area contributed by atoms with Crippen LogP contribution in [0.3, 0.4) is 0 Å². The Labute approximate surface area is 225 Å². The van der Waals surface area contributed by atoms with Gasteiger partial charge in [-0.05, 0) is 87.1 Å². The molecule has 2 aromatic rings. The third kappa shape index (κ3) is 5.27. The molecule has 1 unspecified atom stereocenters. The van der Waals surface area contributed by atoms with E-state index in [1.54, 1.807) is 24.3 Å². The third-order valence-electron chi connectivity index (χ3n) is 7.89. The first-order chi connectivity index (χ1) is 17.9. The van der Waals surface area contributed by atoms with E-state index in [-0.39, 0.29) is 23.3 Å². The van der Waals surface area contributed by atoms with E-state index < -0.39 is 27.9 Å². The quantitative estimate of drug-likeness (QED) is 0.414. The van der Waals surface area contributed by atoms with Crippen molar-refractivity contribution in [2.24, 2.45) is 0 Å². The van der Waals surface area contributed by atoms with Gasteiger partial charge in [0.15, 0.2) is 0 Å². The third-order valence-corrected chi connectivity index (χ3v) is 10.1. The summed E-state index contributed by atoms with van der Waals surface area (Å²) in [6.45, 7) is 8.81. The number of amides is 3. The average molecular weight is 540 g/mol. The van der Waals surface area contributed by atoms with Gasteiger partial charge in [-0.1, -0.05) is 31.7 Å². The van der Waals surface area contributed by atoms with Gasteiger partial charge in [0.05, 0.1) is 17.0 Å². The maximum Gasteiger partial charge on any atom is 0.252 e. The van der Waals surface area contributed by atoms with Crippen LogP contribution < -0.4 is 10.2 Å². The van der Waals surface area contributed by atoms with Crippen LogP contribution in [0.25, 0.3) is 0 Å². The molecule has 38 heavy (non-hydrogen) atoms. The highest BCUT2D eigenvalue weighted by atomic mass is 32.2. The van der Waals surface area contributed by atoms with Crippen molar-refractivity contribution < 1.29 is 22.8 Å². The number of carbonyl (C=O) groups is 3. The number of carbonyl (C=O) groups excluding carboxylic acids is 3. The molecule has 1 N–H and O–H groups in total. The standard InChI is InChI=1S/C29H37N3O5S/c1-18-16-19(2)21(4)28(20(18)3)38(36,37)32(25-10-8-6-7-9-11-25)26-17-27(34)31(29(26)35)24-14-12-23(13-15-24)30-22(5)33/h12-16,25-26H,6-11,17H2,1-5H3,(H,30,33). The highest BCUT2D eigenvalue weighted by Crippen LogP contribution is 2.37. The molecule has 3 amide bonds. The summed E-state index contributed by atoms with van der Waals surface area (Å²) in [6, 6.07) is 6.93. The Morgan fingerprint density at radius 2 is 1.47 bits per heavy atom. The molecular weight excluding hydrogens is 502 g/mol. The van der Waals surface area contributed by atoms with Gasteiger partial charge in [0.25, 0.3) is 5.91 Å². The summed E-state index contributed by atoms with van der Waals surface area (Å²) in [5.74, 6) is -1.20. The second kappa shape index (κ2) is 11.0. The van der Waals surface area contributed by atoms with Crippen molar-refractivity contribution in [3.05, 3.63) is 52.6 Å². The highest BCUT2D eigenvalue weighted by molar-refractivity contribution is 7.89. The number of aryl methyl sites for hydroxylation is 2. The molecule has 0 aromatic heterocycles. The van der Waals surface area contributed by atoms with Gasteiger partial charge in [-0.2, -0.15) is 4.31 Å². The molecule has 2 aromatic carbocycles. The van der Waals surface area contributed by atoms with Gasteiger partial charge in [-0.15, -0.1) is 0 Å². The summed E-state index contributed by atoms with van der Waals surface area (Å²) in [4.78, 5) is 39.8. The van der Waals surface area contributed by atoms with Crippen LogP contribution >= 0.6 is 0 Å². The monoisotopic (exact) mass is 539 g/mol. The molecule has 2 aliphatic rings. The molecule has 1 saturated carbocycles. The summed E-state index contributed by atoms with van der Waals surface area (Å²) in [5.41, 5.74) is 4.00. The number of anilines is 2. The first kappa shape index (κ1) is 28.0. The number of benzene rings is 2. The Bertz CT molecular complexity index is 1330. The molecule has 0 radical (unpaired) electrons. The lowest BCUT2D eigenvalue weighted by atomic mass is 10.0. The summed E-state index contributed by atoms with van der Waals surface area (Å²) < 4.78 is 30.4. The molecular formula is C29H37N3O5S. The van der Waals surface area contributed by atoms with Crippen LogP contribution in [0, 0.1) is 27.7 Å². The van der Waals surface area contributed by atoms with Gasteiger partial charge in [-0.25, -0.2) is 13.3 Å². The van der Waals surface area contributed by atoms with Crippen LogP contribution in [-0.2, 0) is 24.4 Å². The number of sulfonamides is 1. The first-order valence-corrected chi connectivity index (χ1v) is 14.7. The van der Waals surface area contributed by atoms with Crippen molar-refractivity contribution in [3.63, 3.8) is 0 Å². The second-order valence-corrected chi connectivity index (χ2v) is 12.4. The molecule has 2 fully saturated rings. The molecule has 8 nitrogen and oxygen atoms in total. The summed E-state index contributed by atoms with van der Waals surface area (Å²) in [6.07, 6.45) is 4.92. The molecule has 9 heteroatoms. The molecule has 1 heterocycles. The van der Waals surface area contributed by atoms with Crippen LogP contribution in [0.15, 0.2) is 35.2 Å². The van der Waals surface area contributed by atoms with E-state index in [0.717, 1.165) is 41.7 Å². The number of nitrogens with one attached hydrogen (secondary N) is 1. The minimum absolute atomic E-state index is 0.203. The number of rotatable bonds is 6. The molecule has 1 aliphatic heterocycles. The van der Waals surface area contributed by atoms with Gasteiger partial charge in [0.2, 0.25) is 21.8 Å². The zero-order chi connectivity index (χ0) is 27.8. The van der Waals surface area contributed by atoms with Gasteiger partial charge in [0, 0.05) is 18.7 Å². The Morgan fingerprint density at radius 3 is 2.00 bits per heavy atom. The van der Waals surface area contributed by atoms with Crippen LogP contribution in [0.5, 0.6) is 0 Å². The van der Waals surface area contributed by atoms with Crippen LogP contribution in [-0.4, -0.2) is 42.5 Å². The van der Waals surface area contributed by atoms with Crippen LogP contribution in [0.1, 0.15) is 74.1 Å².